The summed E-state index contributed by atoms with van der Waals surface area (Å²) >= 11 is 0. The molecule has 0 bridgehead atoms. The van der Waals surface area contributed by atoms with Gasteiger partial charge in [0.1, 0.15) is 5.75 Å². The summed E-state index contributed by atoms with van der Waals surface area (Å²) in [6.45, 7) is -0.187. The molecule has 0 saturated carbocycles. The highest BCUT2D eigenvalue weighted by Crippen LogP contribution is 2.37. The Balaban J connectivity index is 2.66. The minimum atomic E-state index is -4.57. The molecule has 25 heavy (non-hydrogen) atoms. The normalized spacial score (nSPS) is 12.1. The molecule has 0 radical (unpaired) electrons. The van der Waals surface area contributed by atoms with Gasteiger partial charge in [-0.2, -0.15) is 13.2 Å². The number of rotatable bonds is 6. The number of carboxylic acids is 1. The maximum Gasteiger partial charge on any atom is 0.416 e. The number of hydrogen-bond acceptors (Lipinski definition) is 3. The number of aliphatic carboxylic acids is 1. The van der Waals surface area contributed by atoms with Crippen molar-refractivity contribution in [1.29, 1.82) is 0 Å². The van der Waals surface area contributed by atoms with Crippen LogP contribution in [0.25, 0.3) is 5.57 Å². The second kappa shape index (κ2) is 7.85. The summed E-state index contributed by atoms with van der Waals surface area (Å²) in [6, 6.07) is 11.1. The Morgan fingerprint density at radius 3 is 2.40 bits per heavy atom. The van der Waals surface area contributed by atoms with Crippen molar-refractivity contribution in [3.8, 4) is 5.75 Å². The van der Waals surface area contributed by atoms with E-state index in [0.717, 1.165) is 24.3 Å². The van der Waals surface area contributed by atoms with Crippen molar-refractivity contribution in [2.75, 3.05) is 13.9 Å². The Labute approximate surface area is 142 Å². The van der Waals surface area contributed by atoms with Crippen molar-refractivity contribution in [2.45, 2.75) is 6.18 Å². The van der Waals surface area contributed by atoms with Gasteiger partial charge in [-0.3, -0.25) is 0 Å². The van der Waals surface area contributed by atoms with Gasteiger partial charge in [-0.15, -0.1) is 0 Å². The molecular weight excluding hydrogens is 337 g/mol. The fourth-order valence-electron chi connectivity index (χ4n) is 2.22. The predicted octanol–water partition coefficient (Wildman–Crippen LogP) is 4.20. The van der Waals surface area contributed by atoms with Gasteiger partial charge < -0.3 is 14.6 Å². The number of carbonyl (C=O) groups is 1. The highest BCUT2D eigenvalue weighted by Gasteiger charge is 2.31. The molecule has 0 heterocycles. The third kappa shape index (κ3) is 4.84. The van der Waals surface area contributed by atoms with Crippen LogP contribution in [0, 0.1) is 0 Å². The Kier molecular flexibility index (Phi) is 5.82. The number of alkyl halides is 3. The van der Waals surface area contributed by atoms with Crippen LogP contribution in [0.5, 0.6) is 5.75 Å². The van der Waals surface area contributed by atoms with E-state index in [1.807, 2.05) is 0 Å². The van der Waals surface area contributed by atoms with E-state index in [4.69, 9.17) is 14.6 Å². The van der Waals surface area contributed by atoms with E-state index in [1.54, 1.807) is 30.3 Å². The second-order valence-electron chi connectivity index (χ2n) is 5.02. The van der Waals surface area contributed by atoms with E-state index in [1.165, 1.54) is 7.11 Å². The predicted molar refractivity (Wildman–Crippen MR) is 85.1 cm³/mol. The average Bonchev–Trinajstić information content (AvgIpc) is 2.57. The third-order valence-corrected chi connectivity index (χ3v) is 3.28. The monoisotopic (exact) mass is 352 g/mol. The maximum absolute atomic E-state index is 13.1. The topological polar surface area (TPSA) is 55.8 Å². The largest absolute Gasteiger partial charge is 0.478 e. The van der Waals surface area contributed by atoms with E-state index >= 15 is 0 Å². The van der Waals surface area contributed by atoms with Crippen LogP contribution in [0.4, 0.5) is 13.2 Å². The van der Waals surface area contributed by atoms with Crippen molar-refractivity contribution in [1.82, 2.24) is 0 Å². The van der Waals surface area contributed by atoms with Gasteiger partial charge in [0, 0.05) is 18.7 Å². The molecule has 4 nitrogen and oxygen atoms in total. The van der Waals surface area contributed by atoms with Crippen molar-refractivity contribution >= 4 is 11.5 Å². The lowest BCUT2D eigenvalue weighted by molar-refractivity contribution is -0.137. The molecule has 2 aromatic rings. The molecule has 7 heteroatoms. The minimum Gasteiger partial charge on any atom is -0.478 e. The highest BCUT2D eigenvalue weighted by molar-refractivity contribution is 5.96. The van der Waals surface area contributed by atoms with Crippen molar-refractivity contribution in [3.63, 3.8) is 0 Å². The molecule has 0 spiro atoms. The van der Waals surface area contributed by atoms with E-state index in [2.05, 4.69) is 0 Å². The first kappa shape index (κ1) is 18.5. The van der Waals surface area contributed by atoms with Crippen LogP contribution in [0.3, 0.4) is 0 Å². The standard InChI is InChI=1S/C18H15F3O4/c1-24-11-25-16-8-7-13(18(19,20)21)9-15(16)14(10-17(22)23)12-5-3-2-4-6-12/h2-10H,11H2,1H3,(H,22,23). The third-order valence-electron chi connectivity index (χ3n) is 3.28. The first-order chi connectivity index (χ1) is 11.8. The Morgan fingerprint density at radius 1 is 1.16 bits per heavy atom. The fraction of sp³-hybridized carbons (Fsp3) is 0.167. The van der Waals surface area contributed by atoms with Crippen LogP contribution < -0.4 is 4.74 Å². The summed E-state index contributed by atoms with van der Waals surface area (Å²) in [5.41, 5.74) is -0.336. The summed E-state index contributed by atoms with van der Waals surface area (Å²) in [4.78, 5) is 11.2. The van der Waals surface area contributed by atoms with Crippen LogP contribution >= 0.6 is 0 Å². The van der Waals surface area contributed by atoms with Gasteiger partial charge in [0.05, 0.1) is 5.56 Å². The lowest BCUT2D eigenvalue weighted by atomic mass is 9.95. The lowest BCUT2D eigenvalue weighted by Crippen LogP contribution is -2.08. The average molecular weight is 352 g/mol. The summed E-state index contributed by atoms with van der Waals surface area (Å²) in [5, 5.41) is 9.14. The van der Waals surface area contributed by atoms with Gasteiger partial charge in [-0.25, -0.2) is 4.79 Å². The van der Waals surface area contributed by atoms with Crippen LogP contribution in [0.15, 0.2) is 54.6 Å². The van der Waals surface area contributed by atoms with E-state index in [9.17, 15) is 18.0 Å². The van der Waals surface area contributed by atoms with Crippen LogP contribution in [0.2, 0.25) is 0 Å². The molecule has 0 aliphatic heterocycles. The summed E-state index contributed by atoms with van der Waals surface area (Å²) in [7, 11) is 1.37. The molecule has 0 saturated heterocycles. The zero-order valence-electron chi connectivity index (χ0n) is 13.2. The molecular formula is C18H15F3O4. The first-order valence-electron chi connectivity index (χ1n) is 7.16. The Morgan fingerprint density at radius 2 is 1.84 bits per heavy atom. The molecule has 0 unspecified atom stereocenters. The molecule has 2 rings (SSSR count). The number of hydrogen-bond donors (Lipinski definition) is 1. The van der Waals surface area contributed by atoms with Gasteiger partial charge >= 0.3 is 12.1 Å². The molecule has 0 amide bonds. The maximum atomic E-state index is 13.1. The van der Waals surface area contributed by atoms with Crippen molar-refractivity contribution < 1.29 is 32.5 Å². The summed E-state index contributed by atoms with van der Waals surface area (Å²) < 4.78 is 49.3. The fourth-order valence-corrected chi connectivity index (χ4v) is 2.22. The van der Waals surface area contributed by atoms with Crippen molar-refractivity contribution in [3.05, 3.63) is 71.3 Å². The molecule has 0 aliphatic carbocycles. The Hall–Kier alpha value is -2.80. The molecule has 2 aromatic carbocycles. The number of ether oxygens (including phenoxy) is 2. The summed E-state index contributed by atoms with van der Waals surface area (Å²) in [6.07, 6.45) is -3.72. The molecule has 0 aliphatic rings. The second-order valence-corrected chi connectivity index (χ2v) is 5.02. The lowest BCUT2D eigenvalue weighted by Gasteiger charge is -2.16. The number of methoxy groups -OCH3 is 1. The molecule has 0 atom stereocenters. The SMILES string of the molecule is COCOc1ccc(C(F)(F)F)cc1C(=CC(=O)O)c1ccccc1. The van der Waals surface area contributed by atoms with Crippen LogP contribution in [-0.2, 0) is 15.7 Å². The van der Waals surface area contributed by atoms with Crippen LogP contribution in [-0.4, -0.2) is 25.0 Å². The first-order valence-corrected chi connectivity index (χ1v) is 7.16. The van der Waals surface area contributed by atoms with Gasteiger partial charge in [0.15, 0.2) is 6.79 Å². The van der Waals surface area contributed by atoms with Gasteiger partial charge in [-0.1, -0.05) is 30.3 Å². The van der Waals surface area contributed by atoms with Crippen LogP contribution in [0.1, 0.15) is 16.7 Å². The molecule has 1 N–H and O–H groups in total. The van der Waals surface area contributed by atoms with Gasteiger partial charge in [0.25, 0.3) is 0 Å². The number of carboxylic acid groups (broad SMARTS) is 1. The van der Waals surface area contributed by atoms with Gasteiger partial charge in [-0.05, 0) is 29.3 Å². The smallest absolute Gasteiger partial charge is 0.416 e. The zero-order chi connectivity index (χ0) is 18.4. The zero-order valence-corrected chi connectivity index (χ0v) is 13.2. The number of halogens is 3. The Bertz CT molecular complexity index is 768. The quantitative estimate of drug-likeness (QED) is 0.625. The van der Waals surface area contributed by atoms with E-state index in [-0.39, 0.29) is 23.7 Å². The molecule has 0 aromatic heterocycles. The van der Waals surface area contributed by atoms with Crippen molar-refractivity contribution in [2.24, 2.45) is 0 Å². The van der Waals surface area contributed by atoms with E-state index in [0.29, 0.717) is 5.56 Å². The molecule has 0 fully saturated rings. The van der Waals surface area contributed by atoms with Gasteiger partial charge in [0.2, 0.25) is 0 Å². The minimum absolute atomic E-state index is 0.0143. The summed E-state index contributed by atoms with van der Waals surface area (Å²) in [5.74, 6) is -1.19. The number of benzene rings is 2. The highest BCUT2D eigenvalue weighted by atomic mass is 19.4. The van der Waals surface area contributed by atoms with E-state index < -0.39 is 17.7 Å². The molecule has 132 valence electrons.